The van der Waals surface area contributed by atoms with Crippen LogP contribution < -0.4 is 10.2 Å². The highest BCUT2D eigenvalue weighted by atomic mass is 16.4. The van der Waals surface area contributed by atoms with Crippen molar-refractivity contribution in [1.29, 1.82) is 0 Å². The molecule has 1 aromatic rings. The van der Waals surface area contributed by atoms with E-state index in [4.69, 9.17) is 0 Å². The molecule has 22 heavy (non-hydrogen) atoms. The molecular weight excluding hydrogens is 284 g/mol. The Hall–Kier alpha value is -2.37. The fraction of sp³-hybridized carbons (Fsp3) is 0.438. The molecule has 1 aliphatic heterocycles. The first-order valence-electron chi connectivity index (χ1n) is 7.30. The van der Waals surface area contributed by atoms with Crippen molar-refractivity contribution in [2.75, 3.05) is 11.4 Å². The van der Waals surface area contributed by atoms with Gasteiger partial charge in [0.25, 0.3) is 0 Å². The summed E-state index contributed by atoms with van der Waals surface area (Å²) in [5.41, 5.74) is 0.420. The fourth-order valence-electron chi connectivity index (χ4n) is 2.45. The number of aryl methyl sites for hydroxylation is 1. The lowest BCUT2D eigenvalue weighted by molar-refractivity contribution is -0.146. The van der Waals surface area contributed by atoms with Crippen LogP contribution in [-0.2, 0) is 20.8 Å². The quantitative estimate of drug-likeness (QED) is 0.859. The molecule has 0 radical (unpaired) electrons. The van der Waals surface area contributed by atoms with Gasteiger partial charge >= 0.3 is 5.97 Å². The van der Waals surface area contributed by atoms with Crippen LogP contribution in [0.3, 0.4) is 0 Å². The molecule has 1 aliphatic rings. The maximum atomic E-state index is 12.2. The Morgan fingerprint density at radius 1 is 1.32 bits per heavy atom. The summed E-state index contributed by atoms with van der Waals surface area (Å²) in [7, 11) is 0. The van der Waals surface area contributed by atoms with Crippen LogP contribution in [0.2, 0.25) is 0 Å². The third kappa shape index (κ3) is 3.10. The van der Waals surface area contributed by atoms with Crippen LogP contribution in [0.4, 0.5) is 5.69 Å². The van der Waals surface area contributed by atoms with Crippen molar-refractivity contribution in [3.63, 3.8) is 0 Å². The van der Waals surface area contributed by atoms with Crippen LogP contribution in [0.1, 0.15) is 32.3 Å². The molecule has 1 atom stereocenters. The number of nitrogens with zero attached hydrogens (tertiary/aromatic N) is 1. The number of carbonyl (C=O) groups is 3. The van der Waals surface area contributed by atoms with Gasteiger partial charge in [0.2, 0.25) is 11.8 Å². The second-order valence-electron chi connectivity index (χ2n) is 5.65. The van der Waals surface area contributed by atoms with Gasteiger partial charge in [-0.05, 0) is 31.4 Å². The molecule has 6 nitrogen and oxygen atoms in total. The van der Waals surface area contributed by atoms with Crippen LogP contribution in [0.25, 0.3) is 0 Å². The monoisotopic (exact) mass is 304 g/mol. The number of amides is 2. The van der Waals surface area contributed by atoms with Crippen LogP contribution >= 0.6 is 0 Å². The lowest BCUT2D eigenvalue weighted by atomic mass is 9.98. The van der Waals surface area contributed by atoms with Gasteiger partial charge in [-0.1, -0.05) is 25.1 Å². The van der Waals surface area contributed by atoms with Crippen molar-refractivity contribution in [3.8, 4) is 0 Å². The van der Waals surface area contributed by atoms with Crippen molar-refractivity contribution in [1.82, 2.24) is 5.32 Å². The number of para-hydroxylation sites is 1. The minimum Gasteiger partial charge on any atom is -0.480 e. The number of rotatable bonds is 5. The Kier molecular flexibility index (Phi) is 4.49. The third-order valence-electron chi connectivity index (χ3n) is 4.09. The van der Waals surface area contributed by atoms with Crippen LogP contribution in [0.5, 0.6) is 0 Å². The standard InChI is InChI=1S/C16H20N2O4/c1-3-16(2,15(21)22)17-13(19)10-18-12-7-5-4-6-11(12)8-9-14(18)20/h4-7H,3,8-10H2,1-2H3,(H,17,19)(H,21,22). The second kappa shape index (κ2) is 6.17. The largest absolute Gasteiger partial charge is 0.480 e. The summed E-state index contributed by atoms with van der Waals surface area (Å²) in [6, 6.07) is 7.44. The zero-order chi connectivity index (χ0) is 16.3. The highest BCUT2D eigenvalue weighted by molar-refractivity contribution is 6.01. The van der Waals surface area contributed by atoms with Crippen LogP contribution in [0, 0.1) is 0 Å². The second-order valence-corrected chi connectivity index (χ2v) is 5.65. The minimum atomic E-state index is -1.32. The molecule has 0 aliphatic carbocycles. The topological polar surface area (TPSA) is 86.7 Å². The van der Waals surface area contributed by atoms with E-state index in [1.165, 1.54) is 11.8 Å². The summed E-state index contributed by atoms with van der Waals surface area (Å²) in [6.07, 6.45) is 1.28. The molecule has 0 saturated carbocycles. The van der Waals surface area contributed by atoms with Crippen LogP contribution in [-0.4, -0.2) is 35.0 Å². The van der Waals surface area contributed by atoms with Gasteiger partial charge in [0, 0.05) is 12.1 Å². The van der Waals surface area contributed by atoms with Gasteiger partial charge in [-0.25, -0.2) is 4.79 Å². The molecule has 1 heterocycles. The number of fused-ring (bicyclic) bond motifs is 1. The number of hydrogen-bond acceptors (Lipinski definition) is 3. The summed E-state index contributed by atoms with van der Waals surface area (Å²) in [5.74, 6) is -1.69. The van der Waals surface area contributed by atoms with Gasteiger partial charge in [0.05, 0.1) is 0 Å². The Bertz CT molecular complexity index is 614. The molecule has 2 N–H and O–H groups in total. The Morgan fingerprint density at radius 2 is 2.00 bits per heavy atom. The van der Waals surface area contributed by atoms with E-state index >= 15 is 0 Å². The molecule has 2 amide bonds. The molecule has 0 saturated heterocycles. The normalized spacial score (nSPS) is 16.6. The first-order chi connectivity index (χ1) is 10.4. The maximum Gasteiger partial charge on any atom is 0.329 e. The van der Waals surface area contributed by atoms with E-state index in [0.717, 1.165) is 11.3 Å². The summed E-state index contributed by atoms with van der Waals surface area (Å²) >= 11 is 0. The summed E-state index contributed by atoms with van der Waals surface area (Å²) in [5, 5.41) is 11.7. The smallest absolute Gasteiger partial charge is 0.329 e. The first kappa shape index (κ1) is 16.0. The number of carboxylic acids is 1. The molecule has 0 fully saturated rings. The maximum absolute atomic E-state index is 12.2. The van der Waals surface area contributed by atoms with Crippen molar-refractivity contribution < 1.29 is 19.5 Å². The molecule has 6 heteroatoms. The third-order valence-corrected chi connectivity index (χ3v) is 4.09. The Balaban J connectivity index is 2.15. The minimum absolute atomic E-state index is 0.123. The average Bonchev–Trinajstić information content (AvgIpc) is 2.49. The van der Waals surface area contributed by atoms with Gasteiger partial charge in [-0.3, -0.25) is 9.59 Å². The first-order valence-corrected chi connectivity index (χ1v) is 7.30. The van der Waals surface area contributed by atoms with E-state index in [-0.39, 0.29) is 18.9 Å². The number of carboxylic acid groups (broad SMARTS) is 1. The highest BCUT2D eigenvalue weighted by Crippen LogP contribution is 2.27. The zero-order valence-corrected chi connectivity index (χ0v) is 12.8. The molecule has 1 aromatic carbocycles. The van der Waals surface area contributed by atoms with Gasteiger partial charge < -0.3 is 15.3 Å². The van der Waals surface area contributed by atoms with Gasteiger partial charge in [-0.2, -0.15) is 0 Å². The SMILES string of the molecule is CCC(C)(NC(=O)CN1C(=O)CCc2ccccc21)C(=O)O. The number of hydrogen-bond donors (Lipinski definition) is 2. The van der Waals surface area contributed by atoms with Crippen LogP contribution in [0.15, 0.2) is 24.3 Å². The van der Waals surface area contributed by atoms with E-state index in [2.05, 4.69) is 5.32 Å². The molecule has 118 valence electrons. The molecule has 1 unspecified atom stereocenters. The number of aliphatic carboxylic acids is 1. The predicted molar refractivity (Wildman–Crippen MR) is 81.6 cm³/mol. The Morgan fingerprint density at radius 3 is 2.64 bits per heavy atom. The molecule has 0 spiro atoms. The molecule has 2 rings (SSSR count). The Labute approximate surface area is 129 Å². The highest BCUT2D eigenvalue weighted by Gasteiger charge is 2.34. The van der Waals surface area contributed by atoms with Crippen molar-refractivity contribution in [3.05, 3.63) is 29.8 Å². The molecule has 0 aromatic heterocycles. The van der Waals surface area contributed by atoms with E-state index < -0.39 is 17.4 Å². The van der Waals surface area contributed by atoms with E-state index in [1.54, 1.807) is 13.0 Å². The van der Waals surface area contributed by atoms with Gasteiger partial charge in [-0.15, -0.1) is 0 Å². The predicted octanol–water partition coefficient (Wildman–Crippen LogP) is 1.34. The lowest BCUT2D eigenvalue weighted by Crippen LogP contribution is -2.55. The zero-order valence-electron chi connectivity index (χ0n) is 12.8. The van der Waals surface area contributed by atoms with Crippen molar-refractivity contribution >= 4 is 23.5 Å². The summed E-state index contributed by atoms with van der Waals surface area (Å²) < 4.78 is 0. The number of carbonyl (C=O) groups excluding carboxylic acids is 2. The van der Waals surface area contributed by atoms with Crippen molar-refractivity contribution in [2.45, 2.75) is 38.6 Å². The van der Waals surface area contributed by atoms with E-state index in [0.29, 0.717) is 12.8 Å². The number of benzene rings is 1. The average molecular weight is 304 g/mol. The van der Waals surface area contributed by atoms with Gasteiger partial charge in [0.15, 0.2) is 0 Å². The molecular formula is C16H20N2O4. The van der Waals surface area contributed by atoms with E-state index in [9.17, 15) is 19.5 Å². The van der Waals surface area contributed by atoms with Crippen molar-refractivity contribution in [2.24, 2.45) is 0 Å². The number of nitrogens with one attached hydrogen (secondary N) is 1. The van der Waals surface area contributed by atoms with E-state index in [1.807, 2.05) is 18.2 Å². The summed E-state index contributed by atoms with van der Waals surface area (Å²) in [4.78, 5) is 36.9. The number of anilines is 1. The summed E-state index contributed by atoms with van der Waals surface area (Å²) in [6.45, 7) is 2.98. The molecule has 0 bridgehead atoms. The van der Waals surface area contributed by atoms with Gasteiger partial charge in [0.1, 0.15) is 12.1 Å². The fourth-order valence-corrected chi connectivity index (χ4v) is 2.45. The lowest BCUT2D eigenvalue weighted by Gasteiger charge is -2.31.